The van der Waals surface area contributed by atoms with Gasteiger partial charge in [-0.1, -0.05) is 12.1 Å². The largest absolute Gasteiger partial charge is 0.497 e. The lowest BCUT2D eigenvalue weighted by atomic mass is 9.86. The molecule has 1 aromatic heterocycles. The van der Waals surface area contributed by atoms with Crippen LogP contribution in [0.25, 0.3) is 22.1 Å². The minimum absolute atomic E-state index is 0.0530. The summed E-state index contributed by atoms with van der Waals surface area (Å²) in [6, 6.07) is 14.0. The molecular weight excluding hydrogens is 492 g/mol. The average molecular weight is 519 g/mol. The van der Waals surface area contributed by atoms with Crippen LogP contribution in [-0.4, -0.2) is 41.2 Å². The number of ether oxygens (including phenoxy) is 6. The minimum Gasteiger partial charge on any atom is -0.497 e. The second kappa shape index (κ2) is 10.4. The molecule has 4 aromatic rings. The Balaban J connectivity index is 1.72. The summed E-state index contributed by atoms with van der Waals surface area (Å²) in [7, 11) is 5.94. The molecule has 0 radical (unpaired) electrons. The van der Waals surface area contributed by atoms with Crippen molar-refractivity contribution in [3.05, 3.63) is 76.1 Å². The van der Waals surface area contributed by atoms with Crippen molar-refractivity contribution in [2.75, 3.05) is 35.2 Å². The van der Waals surface area contributed by atoms with Crippen molar-refractivity contribution in [2.24, 2.45) is 0 Å². The molecule has 0 saturated heterocycles. The average Bonchev–Trinajstić information content (AvgIpc) is 3.44. The van der Waals surface area contributed by atoms with Gasteiger partial charge in [0.05, 0.1) is 45.8 Å². The number of methoxy groups -OCH3 is 4. The summed E-state index contributed by atoms with van der Waals surface area (Å²) in [5.41, 5.74) is 2.35. The van der Waals surface area contributed by atoms with Gasteiger partial charge < -0.3 is 32.8 Å². The maximum atomic E-state index is 13.6. The molecule has 0 unspecified atom stereocenters. The third-order valence-electron chi connectivity index (χ3n) is 6.59. The Kier molecular flexibility index (Phi) is 6.83. The van der Waals surface area contributed by atoms with Crippen molar-refractivity contribution in [3.8, 4) is 39.9 Å². The Labute approximate surface area is 218 Å². The molecule has 0 spiro atoms. The fraction of sp³-hybridized carbons (Fsp3) is 0.241. The van der Waals surface area contributed by atoms with Gasteiger partial charge in [-0.3, -0.25) is 9.59 Å². The Hall–Kier alpha value is -4.66. The summed E-state index contributed by atoms with van der Waals surface area (Å²) < 4.78 is 38.7. The maximum absolute atomic E-state index is 13.6. The van der Waals surface area contributed by atoms with E-state index in [1.807, 2.05) is 0 Å². The van der Waals surface area contributed by atoms with Crippen LogP contribution in [0.4, 0.5) is 0 Å². The van der Waals surface area contributed by atoms with Crippen LogP contribution in [0.3, 0.4) is 0 Å². The van der Waals surface area contributed by atoms with Gasteiger partial charge in [0.25, 0.3) is 0 Å². The Morgan fingerprint density at radius 2 is 1.68 bits per heavy atom. The van der Waals surface area contributed by atoms with E-state index >= 15 is 0 Å². The second-order valence-corrected chi connectivity index (χ2v) is 8.55. The van der Waals surface area contributed by atoms with Gasteiger partial charge >= 0.3 is 5.97 Å². The quantitative estimate of drug-likeness (QED) is 0.301. The van der Waals surface area contributed by atoms with E-state index in [2.05, 4.69) is 0 Å². The molecule has 0 fully saturated rings. The molecule has 3 aromatic carbocycles. The molecule has 0 saturated carbocycles. The SMILES string of the molecule is COC(=O)C[C@H](c1cc(OC)c2c(c1)OCO2)c1c(OC)ccc2c(=O)c(-c3ccc(OC)cc3)coc12. The van der Waals surface area contributed by atoms with Crippen LogP contribution < -0.4 is 29.1 Å². The predicted molar refractivity (Wildman–Crippen MR) is 139 cm³/mol. The third kappa shape index (κ3) is 4.36. The summed E-state index contributed by atoms with van der Waals surface area (Å²) in [5.74, 6) is 1.46. The smallest absolute Gasteiger partial charge is 0.306 e. The van der Waals surface area contributed by atoms with Crippen LogP contribution in [-0.2, 0) is 9.53 Å². The molecule has 9 nitrogen and oxygen atoms in total. The van der Waals surface area contributed by atoms with Gasteiger partial charge in [-0.15, -0.1) is 0 Å². The molecule has 196 valence electrons. The zero-order valence-corrected chi connectivity index (χ0v) is 21.4. The highest BCUT2D eigenvalue weighted by Crippen LogP contribution is 2.47. The third-order valence-corrected chi connectivity index (χ3v) is 6.59. The van der Waals surface area contributed by atoms with Crippen molar-refractivity contribution < 1.29 is 37.6 Å². The van der Waals surface area contributed by atoms with Crippen molar-refractivity contribution in [3.63, 3.8) is 0 Å². The van der Waals surface area contributed by atoms with Gasteiger partial charge in [-0.05, 0) is 47.5 Å². The highest BCUT2D eigenvalue weighted by Gasteiger charge is 2.30. The molecular formula is C29H26O9. The first kappa shape index (κ1) is 25.0. The van der Waals surface area contributed by atoms with Crippen LogP contribution in [0.5, 0.6) is 28.7 Å². The number of carbonyl (C=O) groups is 1. The number of carbonyl (C=O) groups excluding carboxylic acids is 1. The summed E-state index contributed by atoms with van der Waals surface area (Å²) >= 11 is 0. The van der Waals surface area contributed by atoms with E-state index in [-0.39, 0.29) is 18.6 Å². The van der Waals surface area contributed by atoms with Crippen LogP contribution in [0, 0.1) is 0 Å². The topological polar surface area (TPSA) is 103 Å². The zero-order chi connectivity index (χ0) is 26.8. The molecule has 1 atom stereocenters. The fourth-order valence-electron chi connectivity index (χ4n) is 4.67. The number of hydrogen-bond donors (Lipinski definition) is 0. The predicted octanol–water partition coefficient (Wildman–Crippen LogP) is 4.91. The fourth-order valence-corrected chi connectivity index (χ4v) is 4.67. The van der Waals surface area contributed by atoms with E-state index < -0.39 is 11.9 Å². The van der Waals surface area contributed by atoms with E-state index in [4.69, 9.17) is 32.8 Å². The highest BCUT2D eigenvalue weighted by atomic mass is 16.7. The minimum atomic E-state index is -0.625. The van der Waals surface area contributed by atoms with Crippen LogP contribution >= 0.6 is 0 Å². The number of rotatable bonds is 8. The van der Waals surface area contributed by atoms with Gasteiger partial charge in [0.1, 0.15) is 23.3 Å². The van der Waals surface area contributed by atoms with Gasteiger partial charge in [0.15, 0.2) is 11.5 Å². The van der Waals surface area contributed by atoms with E-state index in [0.29, 0.717) is 62.0 Å². The summed E-state index contributed by atoms with van der Waals surface area (Å²) in [4.78, 5) is 26.2. The molecule has 5 rings (SSSR count). The second-order valence-electron chi connectivity index (χ2n) is 8.55. The molecule has 0 amide bonds. The monoisotopic (exact) mass is 518 g/mol. The lowest BCUT2D eigenvalue weighted by Crippen LogP contribution is -2.14. The first-order valence-corrected chi connectivity index (χ1v) is 11.8. The van der Waals surface area contributed by atoms with Crippen LogP contribution in [0.1, 0.15) is 23.5 Å². The molecule has 1 aliphatic heterocycles. The van der Waals surface area contributed by atoms with Gasteiger partial charge in [-0.25, -0.2) is 0 Å². The summed E-state index contributed by atoms with van der Waals surface area (Å²) in [5, 5.41) is 0.344. The molecule has 0 bridgehead atoms. The van der Waals surface area contributed by atoms with Crippen LogP contribution in [0.15, 0.2) is 64.0 Å². The lowest BCUT2D eigenvalue weighted by Gasteiger charge is -2.22. The normalized spacial score (nSPS) is 12.7. The van der Waals surface area contributed by atoms with Gasteiger partial charge in [0, 0.05) is 11.5 Å². The number of benzene rings is 3. The lowest BCUT2D eigenvalue weighted by molar-refractivity contribution is -0.140. The summed E-state index contributed by atoms with van der Waals surface area (Å²) in [6.45, 7) is 0.0530. The van der Waals surface area contributed by atoms with E-state index in [9.17, 15) is 9.59 Å². The van der Waals surface area contributed by atoms with Gasteiger partial charge in [0.2, 0.25) is 18.0 Å². The van der Waals surface area contributed by atoms with Crippen molar-refractivity contribution in [1.29, 1.82) is 0 Å². The van der Waals surface area contributed by atoms with Gasteiger partial charge in [-0.2, -0.15) is 0 Å². The zero-order valence-electron chi connectivity index (χ0n) is 21.4. The van der Waals surface area contributed by atoms with Crippen LogP contribution in [0.2, 0.25) is 0 Å². The molecule has 1 aliphatic rings. The molecule has 0 N–H and O–H groups in total. The molecule has 0 aliphatic carbocycles. The maximum Gasteiger partial charge on any atom is 0.306 e. The van der Waals surface area contributed by atoms with E-state index in [1.165, 1.54) is 27.6 Å². The number of fused-ring (bicyclic) bond motifs is 2. The van der Waals surface area contributed by atoms with Crippen molar-refractivity contribution >= 4 is 16.9 Å². The first-order chi connectivity index (χ1) is 18.5. The molecule has 38 heavy (non-hydrogen) atoms. The van der Waals surface area contributed by atoms with Crippen molar-refractivity contribution in [2.45, 2.75) is 12.3 Å². The summed E-state index contributed by atoms with van der Waals surface area (Å²) in [6.07, 6.45) is 1.36. The number of esters is 1. The number of hydrogen-bond acceptors (Lipinski definition) is 9. The Bertz CT molecular complexity index is 1550. The van der Waals surface area contributed by atoms with Crippen molar-refractivity contribution in [1.82, 2.24) is 0 Å². The Morgan fingerprint density at radius 1 is 0.921 bits per heavy atom. The first-order valence-electron chi connectivity index (χ1n) is 11.8. The Morgan fingerprint density at radius 3 is 2.37 bits per heavy atom. The van der Waals surface area contributed by atoms with E-state index in [0.717, 1.165) is 0 Å². The van der Waals surface area contributed by atoms with E-state index in [1.54, 1.807) is 55.6 Å². The standard InChI is InChI=1S/C29H26O9/c1-32-18-7-5-16(6-8-18)21-14-36-28-19(27(21)31)9-10-22(33-2)26(28)20(13-25(30)35-4)17-11-23(34-3)29-24(12-17)37-15-38-29/h5-12,14,20H,13,15H2,1-4H3/t20-/m1/s1. The molecule has 9 heteroatoms. The molecule has 2 heterocycles. The highest BCUT2D eigenvalue weighted by molar-refractivity contribution is 5.87.